The summed E-state index contributed by atoms with van der Waals surface area (Å²) in [7, 11) is 0. The summed E-state index contributed by atoms with van der Waals surface area (Å²) in [6.07, 6.45) is 6.81. The van der Waals surface area contributed by atoms with Gasteiger partial charge in [-0.25, -0.2) is 9.97 Å². The van der Waals surface area contributed by atoms with Gasteiger partial charge in [0.1, 0.15) is 17.6 Å². The van der Waals surface area contributed by atoms with E-state index in [4.69, 9.17) is 15.6 Å². The Morgan fingerprint density at radius 2 is 1.80 bits per heavy atom. The fraction of sp³-hybridized carbons (Fsp3) is 0.280. The molecule has 9 nitrogen and oxygen atoms in total. The van der Waals surface area contributed by atoms with Crippen LogP contribution in [-0.2, 0) is 11.2 Å². The number of hydrogen-bond acceptors (Lipinski definition) is 7. The molecular formula is C25H29ClN6O3. The number of fused-ring (bicyclic) bond motifs is 1. The number of unbranched alkanes of at least 4 members (excludes halogenated alkanes) is 1. The number of rotatable bonds is 12. The summed E-state index contributed by atoms with van der Waals surface area (Å²) in [6, 6.07) is 15.8. The number of halogens is 1. The van der Waals surface area contributed by atoms with E-state index >= 15 is 0 Å². The fourth-order valence-corrected chi connectivity index (χ4v) is 3.52. The topological polar surface area (TPSA) is 128 Å². The second-order valence-electron chi connectivity index (χ2n) is 7.92. The van der Waals surface area contributed by atoms with Crippen molar-refractivity contribution < 1.29 is 14.6 Å². The molecule has 0 aliphatic rings. The van der Waals surface area contributed by atoms with Crippen LogP contribution in [0.4, 0.5) is 11.6 Å². The van der Waals surface area contributed by atoms with Crippen LogP contribution in [0.1, 0.15) is 31.2 Å². The molecule has 0 radical (unpaired) electrons. The zero-order chi connectivity index (χ0) is 23.8. The monoisotopic (exact) mass is 496 g/mol. The van der Waals surface area contributed by atoms with Crippen molar-refractivity contribution in [2.24, 2.45) is 5.73 Å². The van der Waals surface area contributed by atoms with Gasteiger partial charge in [0.15, 0.2) is 5.65 Å². The number of nitrogens with zero attached hydrogens (tertiary/aromatic N) is 4. The first-order chi connectivity index (χ1) is 16.6. The molecule has 0 bridgehead atoms. The molecule has 0 aliphatic heterocycles. The number of aliphatic carboxylic acids is 1. The maximum absolute atomic E-state index is 10.6. The van der Waals surface area contributed by atoms with E-state index in [1.165, 1.54) is 5.56 Å². The maximum Gasteiger partial charge on any atom is 0.303 e. The lowest BCUT2D eigenvalue weighted by Crippen LogP contribution is -2.02. The van der Waals surface area contributed by atoms with Gasteiger partial charge in [-0.3, -0.25) is 9.36 Å². The number of ether oxygens (including phenoxy) is 1. The zero-order valence-electron chi connectivity index (χ0n) is 19.3. The number of anilines is 2. The lowest BCUT2D eigenvalue weighted by Gasteiger charge is -2.09. The Balaban J connectivity index is 0.00000342. The Hall–Kier alpha value is -3.69. The van der Waals surface area contributed by atoms with E-state index in [-0.39, 0.29) is 18.8 Å². The number of imidazole rings is 1. The Kier molecular flexibility index (Phi) is 9.39. The minimum Gasteiger partial charge on any atom is -0.494 e. The number of aromatic nitrogens is 4. The van der Waals surface area contributed by atoms with Gasteiger partial charge in [0.2, 0.25) is 5.95 Å². The second kappa shape index (κ2) is 12.7. The van der Waals surface area contributed by atoms with Gasteiger partial charge in [0.25, 0.3) is 0 Å². The lowest BCUT2D eigenvalue weighted by molar-refractivity contribution is -0.137. The average molecular weight is 497 g/mol. The number of benzene rings is 2. The van der Waals surface area contributed by atoms with Crippen molar-refractivity contribution >= 4 is 41.2 Å². The maximum atomic E-state index is 10.6. The molecule has 4 aromatic rings. The number of hydrogen-bond donors (Lipinski definition) is 3. The predicted octanol–water partition coefficient (Wildman–Crippen LogP) is 4.51. The molecule has 4 rings (SSSR count). The molecule has 0 atom stereocenters. The SMILES string of the molecule is Cl.NCCCc1ccc(Nc2ncc3ncn(-c4ccc(OCCCCC(=O)O)cc4)c3n2)cc1. The number of aryl methyl sites for hydroxylation is 1. The van der Waals surface area contributed by atoms with Crippen LogP contribution in [0.5, 0.6) is 5.75 Å². The van der Waals surface area contributed by atoms with Crippen molar-refractivity contribution in [2.45, 2.75) is 32.1 Å². The van der Waals surface area contributed by atoms with E-state index in [0.29, 0.717) is 43.1 Å². The Bertz CT molecular complexity index is 1230. The Morgan fingerprint density at radius 3 is 2.51 bits per heavy atom. The summed E-state index contributed by atoms with van der Waals surface area (Å²) in [5, 5.41) is 11.9. The highest BCUT2D eigenvalue weighted by molar-refractivity contribution is 5.85. The fourth-order valence-electron chi connectivity index (χ4n) is 3.52. The minimum atomic E-state index is -0.782. The number of carbonyl (C=O) groups is 1. The van der Waals surface area contributed by atoms with Gasteiger partial charge in [-0.2, -0.15) is 4.98 Å². The molecule has 0 saturated carbocycles. The molecule has 0 spiro atoms. The van der Waals surface area contributed by atoms with E-state index in [0.717, 1.165) is 30.0 Å². The molecule has 0 unspecified atom stereocenters. The lowest BCUT2D eigenvalue weighted by atomic mass is 10.1. The molecule has 2 aromatic carbocycles. The number of nitrogens with one attached hydrogen (secondary N) is 1. The number of carboxylic acid groups (broad SMARTS) is 1. The quantitative estimate of drug-likeness (QED) is 0.244. The first-order valence-corrected chi connectivity index (χ1v) is 11.3. The molecule has 4 N–H and O–H groups in total. The third kappa shape index (κ3) is 7.14. The molecule has 184 valence electrons. The van der Waals surface area contributed by atoms with Crippen LogP contribution in [0.15, 0.2) is 61.1 Å². The third-order valence-corrected chi connectivity index (χ3v) is 5.34. The van der Waals surface area contributed by atoms with Gasteiger partial charge in [0.05, 0.1) is 12.8 Å². The van der Waals surface area contributed by atoms with E-state index in [1.54, 1.807) is 12.5 Å². The molecule has 2 aromatic heterocycles. The highest BCUT2D eigenvalue weighted by atomic mass is 35.5. The summed E-state index contributed by atoms with van der Waals surface area (Å²) >= 11 is 0. The summed E-state index contributed by atoms with van der Waals surface area (Å²) in [4.78, 5) is 24.0. The summed E-state index contributed by atoms with van der Waals surface area (Å²) in [6.45, 7) is 1.17. The smallest absolute Gasteiger partial charge is 0.303 e. The molecule has 0 aliphatic carbocycles. The number of carboxylic acids is 1. The molecule has 0 fully saturated rings. The average Bonchev–Trinajstić information content (AvgIpc) is 3.27. The highest BCUT2D eigenvalue weighted by Crippen LogP contribution is 2.21. The summed E-state index contributed by atoms with van der Waals surface area (Å²) in [5.41, 5.74) is 10.0. The van der Waals surface area contributed by atoms with Crippen LogP contribution < -0.4 is 15.8 Å². The van der Waals surface area contributed by atoms with E-state index in [2.05, 4.69) is 32.4 Å². The van der Waals surface area contributed by atoms with Gasteiger partial charge in [-0.15, -0.1) is 12.4 Å². The first kappa shape index (κ1) is 25.9. The standard InChI is InChI=1S/C25H28N6O3.ClH/c26-14-3-4-18-6-8-19(9-7-18)29-25-27-16-22-24(30-25)31(17-28-22)20-10-12-21(13-11-20)34-15-2-1-5-23(32)33;/h6-13,16-17H,1-5,14-15,26H2,(H,32,33)(H,27,29,30);1H. The van der Waals surface area contributed by atoms with Crippen LogP contribution in [0.3, 0.4) is 0 Å². The van der Waals surface area contributed by atoms with E-state index < -0.39 is 5.97 Å². The molecule has 10 heteroatoms. The van der Waals surface area contributed by atoms with Crippen LogP contribution >= 0.6 is 12.4 Å². The third-order valence-electron chi connectivity index (χ3n) is 5.34. The van der Waals surface area contributed by atoms with Crippen molar-refractivity contribution in [2.75, 3.05) is 18.5 Å². The van der Waals surface area contributed by atoms with Gasteiger partial charge in [0, 0.05) is 17.8 Å². The highest BCUT2D eigenvalue weighted by Gasteiger charge is 2.09. The van der Waals surface area contributed by atoms with Crippen molar-refractivity contribution in [1.82, 2.24) is 19.5 Å². The van der Waals surface area contributed by atoms with Gasteiger partial charge < -0.3 is 20.9 Å². The van der Waals surface area contributed by atoms with Gasteiger partial charge in [-0.1, -0.05) is 12.1 Å². The van der Waals surface area contributed by atoms with Gasteiger partial charge in [-0.05, 0) is 74.2 Å². The molecule has 35 heavy (non-hydrogen) atoms. The number of nitrogens with two attached hydrogens (primary N) is 1. The normalized spacial score (nSPS) is 10.7. The van der Waals surface area contributed by atoms with Crippen molar-refractivity contribution in [3.8, 4) is 11.4 Å². The van der Waals surface area contributed by atoms with Crippen LogP contribution in [0.2, 0.25) is 0 Å². The summed E-state index contributed by atoms with van der Waals surface area (Å²) < 4.78 is 7.60. The largest absolute Gasteiger partial charge is 0.494 e. The van der Waals surface area contributed by atoms with Crippen LogP contribution in [0.25, 0.3) is 16.9 Å². The van der Waals surface area contributed by atoms with Crippen molar-refractivity contribution in [3.05, 3.63) is 66.6 Å². The van der Waals surface area contributed by atoms with Gasteiger partial charge >= 0.3 is 5.97 Å². The summed E-state index contributed by atoms with van der Waals surface area (Å²) in [5.74, 6) is 0.441. The molecule has 0 amide bonds. The first-order valence-electron chi connectivity index (χ1n) is 11.3. The van der Waals surface area contributed by atoms with Crippen molar-refractivity contribution in [1.29, 1.82) is 0 Å². The van der Waals surface area contributed by atoms with Crippen molar-refractivity contribution in [3.63, 3.8) is 0 Å². The Labute approximate surface area is 209 Å². The predicted molar refractivity (Wildman–Crippen MR) is 138 cm³/mol. The minimum absolute atomic E-state index is 0. The van der Waals surface area contributed by atoms with E-state index in [9.17, 15) is 4.79 Å². The molecule has 2 heterocycles. The zero-order valence-corrected chi connectivity index (χ0v) is 20.1. The Morgan fingerprint density at radius 1 is 1.03 bits per heavy atom. The van der Waals surface area contributed by atoms with E-state index in [1.807, 2.05) is 41.0 Å². The molecule has 0 saturated heterocycles. The molecular weight excluding hydrogens is 468 g/mol. The van der Waals surface area contributed by atoms with Crippen LogP contribution in [-0.4, -0.2) is 43.7 Å². The van der Waals surface area contributed by atoms with Crippen LogP contribution in [0, 0.1) is 0 Å². The second-order valence-corrected chi connectivity index (χ2v) is 7.92.